The maximum atomic E-state index is 5.77. The molecular formula is C14H18N2O2. The Labute approximate surface area is 107 Å². The van der Waals surface area contributed by atoms with Gasteiger partial charge in [0.25, 0.3) is 0 Å². The predicted molar refractivity (Wildman–Crippen MR) is 69.7 cm³/mol. The molecule has 1 aromatic carbocycles. The van der Waals surface area contributed by atoms with E-state index >= 15 is 0 Å². The van der Waals surface area contributed by atoms with Crippen molar-refractivity contribution in [2.45, 2.75) is 25.6 Å². The van der Waals surface area contributed by atoms with Crippen LogP contribution < -0.4 is 5.32 Å². The fourth-order valence-electron chi connectivity index (χ4n) is 2.36. The topological polar surface area (TPSA) is 42.8 Å². The third-order valence-corrected chi connectivity index (χ3v) is 3.41. The van der Waals surface area contributed by atoms with Gasteiger partial charge in [0, 0.05) is 12.1 Å². The summed E-state index contributed by atoms with van der Waals surface area (Å²) in [7, 11) is 0. The highest BCUT2D eigenvalue weighted by Gasteiger charge is 2.31. The first-order valence-corrected chi connectivity index (χ1v) is 6.38. The Morgan fingerprint density at radius 1 is 1.44 bits per heavy atom. The Bertz CT molecular complexity index is 478. The average Bonchev–Trinajstić information content (AvgIpc) is 2.99. The molecule has 0 aliphatic carbocycles. The summed E-state index contributed by atoms with van der Waals surface area (Å²) in [5.41, 5.74) is 1.75. The summed E-state index contributed by atoms with van der Waals surface area (Å²) >= 11 is 0. The molecule has 0 amide bonds. The van der Waals surface area contributed by atoms with E-state index in [1.54, 1.807) is 0 Å². The van der Waals surface area contributed by atoms with Crippen LogP contribution in [-0.4, -0.2) is 31.7 Å². The van der Waals surface area contributed by atoms with E-state index in [-0.39, 0.29) is 11.8 Å². The monoisotopic (exact) mass is 246 g/mol. The summed E-state index contributed by atoms with van der Waals surface area (Å²) < 4.78 is 11.4. The van der Waals surface area contributed by atoms with Crippen molar-refractivity contribution in [1.82, 2.24) is 5.32 Å². The minimum Gasteiger partial charge on any atom is -0.475 e. The van der Waals surface area contributed by atoms with Crippen LogP contribution >= 0.6 is 0 Å². The first kappa shape index (κ1) is 11.7. The molecule has 2 aliphatic rings. The zero-order valence-electron chi connectivity index (χ0n) is 10.8. The standard InChI is InChI=1S/C14H18N2O2/c1-10-9-17-13(16-10)11-4-3-5-12(8-11)14(2)15-6-7-18-14/h3-5,8,10,15H,6-7,9H2,1-2H3. The molecule has 96 valence electrons. The van der Waals surface area contributed by atoms with E-state index < -0.39 is 0 Å². The Kier molecular flexibility index (Phi) is 2.84. The van der Waals surface area contributed by atoms with Crippen LogP contribution in [0.4, 0.5) is 0 Å². The molecule has 0 bridgehead atoms. The molecule has 4 heteroatoms. The lowest BCUT2D eigenvalue weighted by Crippen LogP contribution is -2.34. The van der Waals surface area contributed by atoms with Gasteiger partial charge in [0.1, 0.15) is 12.3 Å². The molecule has 3 rings (SSSR count). The number of hydrogen-bond donors (Lipinski definition) is 1. The molecular weight excluding hydrogens is 228 g/mol. The van der Waals surface area contributed by atoms with Crippen LogP contribution in [0.2, 0.25) is 0 Å². The first-order valence-electron chi connectivity index (χ1n) is 6.38. The Morgan fingerprint density at radius 3 is 3.00 bits per heavy atom. The molecule has 2 atom stereocenters. The van der Waals surface area contributed by atoms with Gasteiger partial charge in [-0.3, -0.25) is 5.32 Å². The van der Waals surface area contributed by atoms with E-state index in [1.165, 1.54) is 0 Å². The van der Waals surface area contributed by atoms with E-state index in [2.05, 4.69) is 36.3 Å². The predicted octanol–water partition coefficient (Wildman–Crippen LogP) is 1.64. The molecule has 4 nitrogen and oxygen atoms in total. The van der Waals surface area contributed by atoms with Crippen molar-refractivity contribution in [2.24, 2.45) is 4.99 Å². The van der Waals surface area contributed by atoms with Crippen molar-refractivity contribution in [2.75, 3.05) is 19.8 Å². The Hall–Kier alpha value is -1.39. The summed E-state index contributed by atoms with van der Waals surface area (Å²) in [6, 6.07) is 8.46. The smallest absolute Gasteiger partial charge is 0.216 e. The van der Waals surface area contributed by atoms with Crippen LogP contribution in [0.3, 0.4) is 0 Å². The molecule has 1 aromatic rings. The second-order valence-electron chi connectivity index (χ2n) is 4.98. The highest BCUT2D eigenvalue weighted by atomic mass is 16.5. The normalized spacial score (nSPS) is 31.2. The number of nitrogens with zero attached hydrogens (tertiary/aromatic N) is 1. The molecule has 1 N–H and O–H groups in total. The Morgan fingerprint density at radius 2 is 2.33 bits per heavy atom. The van der Waals surface area contributed by atoms with Crippen LogP contribution in [0.1, 0.15) is 25.0 Å². The van der Waals surface area contributed by atoms with Crippen molar-refractivity contribution in [3.63, 3.8) is 0 Å². The minimum atomic E-state index is -0.388. The van der Waals surface area contributed by atoms with Gasteiger partial charge >= 0.3 is 0 Å². The van der Waals surface area contributed by atoms with Gasteiger partial charge in [0.2, 0.25) is 5.90 Å². The zero-order chi connectivity index (χ0) is 12.6. The fourth-order valence-corrected chi connectivity index (χ4v) is 2.36. The lowest BCUT2D eigenvalue weighted by atomic mass is 10.0. The van der Waals surface area contributed by atoms with Crippen LogP contribution in [0.15, 0.2) is 29.3 Å². The second kappa shape index (κ2) is 4.37. The number of rotatable bonds is 2. The number of nitrogens with one attached hydrogen (secondary N) is 1. The zero-order valence-corrected chi connectivity index (χ0v) is 10.8. The first-order chi connectivity index (χ1) is 8.67. The molecule has 2 heterocycles. The van der Waals surface area contributed by atoms with Crippen LogP contribution in [0.25, 0.3) is 0 Å². The van der Waals surface area contributed by atoms with Gasteiger partial charge in [-0.1, -0.05) is 12.1 Å². The molecule has 0 spiro atoms. The summed E-state index contributed by atoms with van der Waals surface area (Å²) in [6.07, 6.45) is 0. The number of hydrogen-bond acceptors (Lipinski definition) is 4. The van der Waals surface area contributed by atoms with Crippen molar-refractivity contribution in [3.8, 4) is 0 Å². The quantitative estimate of drug-likeness (QED) is 0.862. The maximum Gasteiger partial charge on any atom is 0.216 e. The van der Waals surface area contributed by atoms with Crippen molar-refractivity contribution < 1.29 is 9.47 Å². The van der Waals surface area contributed by atoms with Crippen LogP contribution in [-0.2, 0) is 15.2 Å². The van der Waals surface area contributed by atoms with Crippen molar-refractivity contribution in [1.29, 1.82) is 0 Å². The van der Waals surface area contributed by atoms with Gasteiger partial charge in [0.15, 0.2) is 0 Å². The molecule has 2 aliphatic heterocycles. The molecule has 18 heavy (non-hydrogen) atoms. The van der Waals surface area contributed by atoms with Crippen LogP contribution in [0, 0.1) is 0 Å². The summed E-state index contributed by atoms with van der Waals surface area (Å²) in [6.45, 7) is 6.41. The maximum absolute atomic E-state index is 5.77. The van der Waals surface area contributed by atoms with Gasteiger partial charge in [0.05, 0.1) is 12.6 Å². The number of ether oxygens (including phenoxy) is 2. The summed E-state index contributed by atoms with van der Waals surface area (Å²) in [5.74, 6) is 0.742. The van der Waals surface area contributed by atoms with E-state index in [4.69, 9.17) is 9.47 Å². The summed E-state index contributed by atoms with van der Waals surface area (Å²) in [5, 5.41) is 3.37. The fraction of sp³-hybridized carbons (Fsp3) is 0.500. The third-order valence-electron chi connectivity index (χ3n) is 3.41. The highest BCUT2D eigenvalue weighted by Crippen LogP contribution is 2.26. The average molecular weight is 246 g/mol. The van der Waals surface area contributed by atoms with E-state index in [1.807, 2.05) is 12.1 Å². The molecule has 0 aromatic heterocycles. The molecule has 0 saturated carbocycles. The lowest BCUT2D eigenvalue weighted by Gasteiger charge is -2.24. The second-order valence-corrected chi connectivity index (χ2v) is 4.98. The van der Waals surface area contributed by atoms with Crippen molar-refractivity contribution in [3.05, 3.63) is 35.4 Å². The molecule has 1 fully saturated rings. The molecule has 1 saturated heterocycles. The third kappa shape index (κ3) is 2.02. The van der Waals surface area contributed by atoms with Crippen LogP contribution in [0.5, 0.6) is 0 Å². The van der Waals surface area contributed by atoms with Gasteiger partial charge < -0.3 is 9.47 Å². The highest BCUT2D eigenvalue weighted by molar-refractivity contribution is 5.95. The molecule has 0 radical (unpaired) electrons. The lowest BCUT2D eigenvalue weighted by molar-refractivity contribution is 0.00245. The van der Waals surface area contributed by atoms with E-state index in [9.17, 15) is 0 Å². The van der Waals surface area contributed by atoms with Gasteiger partial charge in [-0.05, 0) is 31.5 Å². The van der Waals surface area contributed by atoms with E-state index in [0.29, 0.717) is 6.61 Å². The molecule has 2 unspecified atom stereocenters. The van der Waals surface area contributed by atoms with Gasteiger partial charge in [-0.25, -0.2) is 4.99 Å². The minimum absolute atomic E-state index is 0.250. The Balaban J connectivity index is 1.92. The number of benzene rings is 1. The SMILES string of the molecule is CC1COC(c2cccc(C3(C)NCCO3)c2)=N1. The largest absolute Gasteiger partial charge is 0.475 e. The van der Waals surface area contributed by atoms with Gasteiger partial charge in [-0.2, -0.15) is 0 Å². The van der Waals surface area contributed by atoms with E-state index in [0.717, 1.165) is 30.2 Å². The summed E-state index contributed by atoms with van der Waals surface area (Å²) in [4.78, 5) is 4.48. The number of aliphatic imine (C=N–C) groups is 1. The van der Waals surface area contributed by atoms with Crippen molar-refractivity contribution >= 4 is 5.90 Å². The van der Waals surface area contributed by atoms with Gasteiger partial charge in [-0.15, -0.1) is 0 Å².